The van der Waals surface area contributed by atoms with E-state index in [9.17, 15) is 18.0 Å². The largest absolute Gasteiger partial charge is 0.366 e. The molecule has 120 valence electrons. The number of amides is 2. The van der Waals surface area contributed by atoms with Gasteiger partial charge in [0.1, 0.15) is 0 Å². The summed E-state index contributed by atoms with van der Waals surface area (Å²) in [5.41, 5.74) is 6.93. The highest BCUT2D eigenvalue weighted by Crippen LogP contribution is 2.13. The molecule has 0 bridgehead atoms. The summed E-state index contributed by atoms with van der Waals surface area (Å²) in [5, 5.41) is 2.66. The van der Waals surface area contributed by atoms with Crippen LogP contribution < -0.4 is 11.1 Å². The molecule has 0 unspecified atom stereocenters. The van der Waals surface area contributed by atoms with Crippen LogP contribution in [0, 0.1) is 0 Å². The van der Waals surface area contributed by atoms with Gasteiger partial charge in [0.25, 0.3) is 5.91 Å². The first kappa shape index (κ1) is 16.7. The van der Waals surface area contributed by atoms with Crippen LogP contribution in [0.1, 0.15) is 26.3 Å². The van der Waals surface area contributed by atoms with Crippen LogP contribution >= 0.6 is 0 Å². The Kier molecular flexibility index (Phi) is 4.80. The van der Waals surface area contributed by atoms with Gasteiger partial charge in [0.15, 0.2) is 9.84 Å². The zero-order chi connectivity index (χ0) is 17.0. The quantitative estimate of drug-likeness (QED) is 0.867. The number of carbonyl (C=O) groups excluding carboxylic acids is 2. The maximum Gasteiger partial charge on any atom is 0.255 e. The molecule has 0 saturated carbocycles. The van der Waals surface area contributed by atoms with Crippen molar-refractivity contribution in [3.05, 3.63) is 65.2 Å². The van der Waals surface area contributed by atoms with Gasteiger partial charge in [-0.25, -0.2) is 8.42 Å². The Balaban J connectivity index is 2.12. The van der Waals surface area contributed by atoms with Crippen LogP contribution in [-0.2, 0) is 15.6 Å². The topological polar surface area (TPSA) is 106 Å². The van der Waals surface area contributed by atoms with E-state index in [0.717, 1.165) is 6.26 Å². The van der Waals surface area contributed by atoms with Crippen molar-refractivity contribution in [2.24, 2.45) is 5.73 Å². The van der Waals surface area contributed by atoms with Crippen molar-refractivity contribution < 1.29 is 18.0 Å². The lowest BCUT2D eigenvalue weighted by molar-refractivity contribution is 0.0996. The van der Waals surface area contributed by atoms with Crippen LogP contribution in [0.25, 0.3) is 0 Å². The third-order valence-electron chi connectivity index (χ3n) is 3.05. The molecule has 2 rings (SSSR count). The molecule has 7 heteroatoms. The smallest absolute Gasteiger partial charge is 0.255 e. The van der Waals surface area contributed by atoms with Crippen molar-refractivity contribution >= 4 is 27.3 Å². The minimum absolute atomic E-state index is 0.0739. The van der Waals surface area contributed by atoms with Gasteiger partial charge >= 0.3 is 0 Å². The summed E-state index contributed by atoms with van der Waals surface area (Å²) in [6.45, 7) is 0. The molecule has 0 spiro atoms. The van der Waals surface area contributed by atoms with Gasteiger partial charge in [0, 0.05) is 23.1 Å². The fraction of sp³-hybridized carbons (Fsp3) is 0.125. The van der Waals surface area contributed by atoms with Gasteiger partial charge in [-0.2, -0.15) is 0 Å². The van der Waals surface area contributed by atoms with E-state index in [1.54, 1.807) is 42.5 Å². The van der Waals surface area contributed by atoms with Gasteiger partial charge in [-0.15, -0.1) is 0 Å². The molecule has 2 aromatic rings. The predicted molar refractivity (Wildman–Crippen MR) is 87.9 cm³/mol. The molecule has 2 amide bonds. The van der Waals surface area contributed by atoms with Gasteiger partial charge in [-0.3, -0.25) is 9.59 Å². The van der Waals surface area contributed by atoms with Crippen molar-refractivity contribution in [2.75, 3.05) is 11.6 Å². The fourth-order valence-corrected chi connectivity index (χ4v) is 2.81. The molecule has 0 aromatic heterocycles. The van der Waals surface area contributed by atoms with Crippen molar-refractivity contribution in [1.29, 1.82) is 0 Å². The number of hydrogen-bond donors (Lipinski definition) is 2. The highest BCUT2D eigenvalue weighted by molar-refractivity contribution is 7.89. The van der Waals surface area contributed by atoms with Crippen molar-refractivity contribution in [1.82, 2.24) is 0 Å². The van der Waals surface area contributed by atoms with E-state index in [4.69, 9.17) is 5.73 Å². The van der Waals surface area contributed by atoms with Crippen LogP contribution in [-0.4, -0.2) is 26.5 Å². The summed E-state index contributed by atoms with van der Waals surface area (Å²) in [4.78, 5) is 23.3. The van der Waals surface area contributed by atoms with Crippen LogP contribution in [0.3, 0.4) is 0 Å². The molecule has 0 aliphatic carbocycles. The molecule has 2 aromatic carbocycles. The molecule has 3 N–H and O–H groups in total. The Morgan fingerprint density at radius 2 is 1.70 bits per heavy atom. The second kappa shape index (κ2) is 6.62. The Morgan fingerprint density at radius 1 is 1.04 bits per heavy atom. The van der Waals surface area contributed by atoms with E-state index in [-0.39, 0.29) is 11.7 Å². The van der Waals surface area contributed by atoms with Gasteiger partial charge in [-0.1, -0.05) is 18.2 Å². The summed E-state index contributed by atoms with van der Waals surface area (Å²) >= 11 is 0. The number of nitrogens with two attached hydrogens (primary N) is 1. The summed E-state index contributed by atoms with van der Waals surface area (Å²) in [6.07, 6.45) is 1.15. The highest BCUT2D eigenvalue weighted by Gasteiger charge is 2.09. The van der Waals surface area contributed by atoms with E-state index >= 15 is 0 Å². The number of sulfone groups is 1. The summed E-state index contributed by atoms with van der Waals surface area (Å²) < 4.78 is 22.5. The van der Waals surface area contributed by atoms with E-state index in [1.165, 1.54) is 6.07 Å². The van der Waals surface area contributed by atoms with E-state index in [2.05, 4.69) is 5.32 Å². The molecular weight excluding hydrogens is 316 g/mol. The highest BCUT2D eigenvalue weighted by atomic mass is 32.2. The number of hydrogen-bond acceptors (Lipinski definition) is 4. The zero-order valence-electron chi connectivity index (χ0n) is 12.4. The summed E-state index contributed by atoms with van der Waals surface area (Å²) in [7, 11) is -3.12. The average molecular weight is 332 g/mol. The van der Waals surface area contributed by atoms with Crippen molar-refractivity contribution in [3.63, 3.8) is 0 Å². The van der Waals surface area contributed by atoms with Crippen LogP contribution in [0.2, 0.25) is 0 Å². The molecule has 0 aliphatic heterocycles. The third-order valence-corrected chi connectivity index (χ3v) is 3.91. The zero-order valence-corrected chi connectivity index (χ0v) is 13.3. The lowest BCUT2D eigenvalue weighted by Gasteiger charge is -2.07. The normalized spacial score (nSPS) is 11.0. The Hall–Kier alpha value is -2.67. The first-order chi connectivity index (χ1) is 10.7. The maximum atomic E-state index is 12.1. The van der Waals surface area contributed by atoms with Crippen molar-refractivity contribution in [2.45, 2.75) is 5.75 Å². The standard InChI is InChI=1S/C16H16N2O4S/c1-23(21,22)10-11-5-7-12(8-6-11)16(20)18-14-4-2-3-13(9-14)15(17)19/h2-9H,10H2,1H3,(H2,17,19)(H,18,20). The molecular formula is C16H16N2O4S. The van der Waals surface area contributed by atoms with Crippen LogP contribution in [0.15, 0.2) is 48.5 Å². The van der Waals surface area contributed by atoms with Gasteiger partial charge in [0.05, 0.1) is 5.75 Å². The molecule has 0 fully saturated rings. The Labute approximate surface area is 134 Å². The Morgan fingerprint density at radius 3 is 2.26 bits per heavy atom. The molecule has 0 aliphatic rings. The third kappa shape index (κ3) is 4.93. The maximum absolute atomic E-state index is 12.1. The van der Waals surface area contributed by atoms with Crippen LogP contribution in [0.5, 0.6) is 0 Å². The molecule has 0 radical (unpaired) electrons. The fourth-order valence-electron chi connectivity index (χ4n) is 2.01. The van der Waals surface area contributed by atoms with Crippen molar-refractivity contribution in [3.8, 4) is 0 Å². The number of carbonyl (C=O) groups is 2. The first-order valence-electron chi connectivity index (χ1n) is 6.72. The van der Waals surface area contributed by atoms with Gasteiger partial charge < -0.3 is 11.1 Å². The lowest BCUT2D eigenvalue weighted by Crippen LogP contribution is -2.14. The number of anilines is 1. The number of nitrogens with one attached hydrogen (secondary N) is 1. The molecule has 23 heavy (non-hydrogen) atoms. The number of benzene rings is 2. The van der Waals surface area contributed by atoms with E-state index in [0.29, 0.717) is 22.4 Å². The molecule has 0 saturated heterocycles. The first-order valence-corrected chi connectivity index (χ1v) is 8.78. The minimum atomic E-state index is -3.12. The monoisotopic (exact) mass is 332 g/mol. The van der Waals surface area contributed by atoms with E-state index in [1.807, 2.05) is 0 Å². The van der Waals surface area contributed by atoms with Gasteiger partial charge in [0.2, 0.25) is 5.91 Å². The van der Waals surface area contributed by atoms with E-state index < -0.39 is 15.7 Å². The molecule has 0 heterocycles. The minimum Gasteiger partial charge on any atom is -0.366 e. The van der Waals surface area contributed by atoms with Crippen LogP contribution in [0.4, 0.5) is 5.69 Å². The van der Waals surface area contributed by atoms with Gasteiger partial charge in [-0.05, 0) is 35.9 Å². The molecule has 0 atom stereocenters. The number of primary amides is 1. The SMILES string of the molecule is CS(=O)(=O)Cc1ccc(C(=O)Nc2cccc(C(N)=O)c2)cc1. The predicted octanol–water partition coefficient (Wildman–Crippen LogP) is 1.58. The summed E-state index contributed by atoms with van der Waals surface area (Å²) in [6, 6.07) is 12.6. The summed E-state index contributed by atoms with van der Waals surface area (Å²) in [5.74, 6) is -1.01. The average Bonchev–Trinajstić information content (AvgIpc) is 2.46. The Bertz CT molecular complexity index is 843. The molecule has 6 nitrogen and oxygen atoms in total. The lowest BCUT2D eigenvalue weighted by atomic mass is 10.1. The number of rotatable bonds is 5. The second-order valence-corrected chi connectivity index (χ2v) is 7.31. The second-order valence-electron chi connectivity index (χ2n) is 5.17.